The molecule has 0 aliphatic carbocycles. The molecule has 2 aromatic carbocycles. The van der Waals surface area contributed by atoms with E-state index in [1.807, 2.05) is 6.92 Å². The molecular formula is C21H25FN2O4S. The average molecular weight is 421 g/mol. The van der Waals surface area contributed by atoms with Gasteiger partial charge in [0.15, 0.2) is 0 Å². The highest BCUT2D eigenvalue weighted by molar-refractivity contribution is 7.89. The molecule has 1 amide bonds. The van der Waals surface area contributed by atoms with E-state index in [0.717, 1.165) is 0 Å². The van der Waals surface area contributed by atoms with E-state index in [2.05, 4.69) is 0 Å². The second kappa shape index (κ2) is 9.02. The predicted octanol–water partition coefficient (Wildman–Crippen LogP) is 2.82. The molecule has 1 heterocycles. The lowest BCUT2D eigenvalue weighted by molar-refractivity contribution is 0.0729. The molecule has 29 heavy (non-hydrogen) atoms. The zero-order valence-electron chi connectivity index (χ0n) is 16.6. The van der Waals surface area contributed by atoms with Crippen molar-refractivity contribution in [3.05, 3.63) is 65.0 Å². The molecule has 1 fully saturated rings. The smallest absolute Gasteiger partial charge is 0.254 e. The van der Waals surface area contributed by atoms with Gasteiger partial charge in [0.2, 0.25) is 10.0 Å². The topological polar surface area (TPSA) is 66.9 Å². The van der Waals surface area contributed by atoms with Gasteiger partial charge in [-0.1, -0.05) is 18.2 Å². The molecule has 6 nitrogen and oxygen atoms in total. The first kappa shape index (κ1) is 21.4. The van der Waals surface area contributed by atoms with E-state index in [1.54, 1.807) is 30.0 Å². The number of nitrogens with zero attached hydrogens (tertiary/aromatic N) is 2. The van der Waals surface area contributed by atoms with Crippen LogP contribution < -0.4 is 0 Å². The molecule has 1 aliphatic heterocycles. The van der Waals surface area contributed by atoms with Gasteiger partial charge in [-0.15, -0.1) is 0 Å². The van der Waals surface area contributed by atoms with Crippen LogP contribution in [0.2, 0.25) is 0 Å². The van der Waals surface area contributed by atoms with Crippen molar-refractivity contribution >= 4 is 15.9 Å². The Hall–Kier alpha value is -2.29. The zero-order chi connectivity index (χ0) is 21.0. The summed E-state index contributed by atoms with van der Waals surface area (Å²) in [6, 6.07) is 10.7. The van der Waals surface area contributed by atoms with Gasteiger partial charge in [0.05, 0.1) is 18.1 Å². The highest BCUT2D eigenvalue weighted by atomic mass is 32.2. The van der Waals surface area contributed by atoms with E-state index in [1.165, 1.54) is 28.6 Å². The Morgan fingerprint density at radius 3 is 2.55 bits per heavy atom. The molecule has 0 saturated carbocycles. The van der Waals surface area contributed by atoms with Crippen LogP contribution >= 0.6 is 0 Å². The Kier molecular flexibility index (Phi) is 6.66. The molecule has 8 heteroatoms. The van der Waals surface area contributed by atoms with Crippen molar-refractivity contribution in [2.75, 3.05) is 32.8 Å². The van der Waals surface area contributed by atoms with Gasteiger partial charge in [0, 0.05) is 31.7 Å². The number of sulfonamides is 1. The number of benzene rings is 2. The molecule has 1 aliphatic rings. The molecule has 0 aromatic heterocycles. The van der Waals surface area contributed by atoms with Crippen LogP contribution in [0.25, 0.3) is 0 Å². The van der Waals surface area contributed by atoms with E-state index < -0.39 is 10.0 Å². The Morgan fingerprint density at radius 1 is 1.17 bits per heavy atom. The Labute approximate surface area is 170 Å². The van der Waals surface area contributed by atoms with Crippen LogP contribution in [0.1, 0.15) is 28.4 Å². The minimum absolute atomic E-state index is 0.0927. The summed E-state index contributed by atoms with van der Waals surface area (Å²) < 4.78 is 46.0. The lowest BCUT2D eigenvalue weighted by Gasteiger charge is -2.27. The molecule has 3 rings (SSSR count). The molecule has 2 aromatic rings. The van der Waals surface area contributed by atoms with Gasteiger partial charge >= 0.3 is 0 Å². The first-order valence-electron chi connectivity index (χ1n) is 9.55. The fourth-order valence-electron chi connectivity index (χ4n) is 3.28. The lowest BCUT2D eigenvalue weighted by Crippen LogP contribution is -2.40. The van der Waals surface area contributed by atoms with Crippen LogP contribution in [0.4, 0.5) is 4.39 Å². The highest BCUT2D eigenvalue weighted by Crippen LogP contribution is 2.22. The number of hydrogen-bond acceptors (Lipinski definition) is 4. The van der Waals surface area contributed by atoms with Crippen molar-refractivity contribution in [1.29, 1.82) is 0 Å². The van der Waals surface area contributed by atoms with Gasteiger partial charge in [-0.05, 0) is 49.2 Å². The third-order valence-electron chi connectivity index (χ3n) is 4.98. The van der Waals surface area contributed by atoms with Gasteiger partial charge in [-0.3, -0.25) is 4.79 Å². The summed E-state index contributed by atoms with van der Waals surface area (Å²) in [4.78, 5) is 14.8. The fourth-order valence-corrected chi connectivity index (χ4v) is 4.72. The molecule has 0 spiro atoms. The number of ether oxygens (including phenoxy) is 1. The fraction of sp³-hybridized carbons (Fsp3) is 0.381. The third-order valence-corrected chi connectivity index (χ3v) is 6.87. The summed E-state index contributed by atoms with van der Waals surface area (Å²) >= 11 is 0. The van der Waals surface area contributed by atoms with E-state index in [4.69, 9.17) is 4.74 Å². The molecule has 0 atom stereocenters. The van der Waals surface area contributed by atoms with E-state index in [0.29, 0.717) is 49.5 Å². The van der Waals surface area contributed by atoms with Crippen LogP contribution in [-0.4, -0.2) is 56.4 Å². The number of aryl methyl sites for hydroxylation is 1. The lowest BCUT2D eigenvalue weighted by atomic mass is 10.1. The quantitative estimate of drug-likeness (QED) is 0.721. The van der Waals surface area contributed by atoms with Crippen LogP contribution in [0.5, 0.6) is 0 Å². The van der Waals surface area contributed by atoms with Crippen molar-refractivity contribution in [3.8, 4) is 0 Å². The van der Waals surface area contributed by atoms with Gasteiger partial charge in [0.25, 0.3) is 5.91 Å². The summed E-state index contributed by atoms with van der Waals surface area (Å²) in [6.07, 6.45) is 0. The SMILES string of the molecule is CCN(Cc1cccc(F)c1)C(=O)c1cc(S(=O)(=O)N2CCOCC2)ccc1C. The first-order valence-corrected chi connectivity index (χ1v) is 11.0. The standard InChI is InChI=1S/C21H25FN2O4S/c1-3-23(15-17-5-4-6-18(22)13-17)21(25)20-14-19(8-7-16(20)2)29(26,27)24-9-11-28-12-10-24/h4-8,13-14H,3,9-12,15H2,1-2H3. The van der Waals surface area contributed by atoms with Crippen molar-refractivity contribution < 1.29 is 22.3 Å². The monoisotopic (exact) mass is 420 g/mol. The molecular weight excluding hydrogens is 395 g/mol. The molecule has 156 valence electrons. The minimum atomic E-state index is -3.70. The van der Waals surface area contributed by atoms with Crippen LogP contribution in [-0.2, 0) is 21.3 Å². The second-order valence-corrected chi connectivity index (χ2v) is 8.88. The van der Waals surface area contributed by atoms with Gasteiger partial charge in [0.1, 0.15) is 5.82 Å². The second-order valence-electron chi connectivity index (χ2n) is 6.94. The number of rotatable bonds is 6. The van der Waals surface area contributed by atoms with Gasteiger partial charge in [-0.25, -0.2) is 12.8 Å². The summed E-state index contributed by atoms with van der Waals surface area (Å²) in [5, 5.41) is 0. The minimum Gasteiger partial charge on any atom is -0.379 e. The van der Waals surface area contributed by atoms with Crippen LogP contribution in [0.15, 0.2) is 47.4 Å². The Balaban J connectivity index is 1.88. The number of carbonyl (C=O) groups excluding carboxylic acids is 1. The normalized spacial score (nSPS) is 15.3. The van der Waals surface area contributed by atoms with Crippen molar-refractivity contribution in [3.63, 3.8) is 0 Å². The highest BCUT2D eigenvalue weighted by Gasteiger charge is 2.28. The predicted molar refractivity (Wildman–Crippen MR) is 108 cm³/mol. The summed E-state index contributed by atoms with van der Waals surface area (Å²) in [5.74, 6) is -0.644. The Bertz CT molecular complexity index is 988. The number of amides is 1. The van der Waals surface area contributed by atoms with Crippen molar-refractivity contribution in [2.24, 2.45) is 0 Å². The Morgan fingerprint density at radius 2 is 1.90 bits per heavy atom. The number of hydrogen-bond donors (Lipinski definition) is 0. The first-order chi connectivity index (χ1) is 13.8. The van der Waals surface area contributed by atoms with Gasteiger partial charge in [-0.2, -0.15) is 4.31 Å². The number of carbonyl (C=O) groups is 1. The van der Waals surface area contributed by atoms with Gasteiger partial charge < -0.3 is 9.64 Å². The van der Waals surface area contributed by atoms with E-state index >= 15 is 0 Å². The van der Waals surface area contributed by atoms with E-state index in [9.17, 15) is 17.6 Å². The van der Waals surface area contributed by atoms with Crippen LogP contribution in [0.3, 0.4) is 0 Å². The molecule has 1 saturated heterocycles. The summed E-state index contributed by atoms with van der Waals surface area (Å²) in [5.41, 5.74) is 1.70. The average Bonchev–Trinajstić information content (AvgIpc) is 2.72. The van der Waals surface area contributed by atoms with Crippen molar-refractivity contribution in [2.45, 2.75) is 25.3 Å². The molecule has 0 radical (unpaired) electrons. The zero-order valence-corrected chi connectivity index (χ0v) is 17.4. The molecule has 0 N–H and O–H groups in total. The molecule has 0 unspecified atom stereocenters. The van der Waals surface area contributed by atoms with E-state index in [-0.39, 0.29) is 23.2 Å². The number of halogens is 1. The number of morpholine rings is 1. The third kappa shape index (κ3) is 4.83. The molecule has 0 bridgehead atoms. The summed E-state index contributed by atoms with van der Waals surface area (Å²) in [7, 11) is -3.70. The maximum Gasteiger partial charge on any atom is 0.254 e. The maximum absolute atomic E-state index is 13.5. The summed E-state index contributed by atoms with van der Waals surface area (Å²) in [6.45, 7) is 5.56. The van der Waals surface area contributed by atoms with Crippen LogP contribution in [0, 0.1) is 12.7 Å². The maximum atomic E-state index is 13.5. The van der Waals surface area contributed by atoms with Crippen molar-refractivity contribution in [1.82, 2.24) is 9.21 Å². The largest absolute Gasteiger partial charge is 0.379 e.